The minimum atomic E-state index is -0.124. The Kier molecular flexibility index (Phi) is 8.76. The van der Waals surface area contributed by atoms with Gasteiger partial charge in [-0.25, -0.2) is 0 Å². The summed E-state index contributed by atoms with van der Waals surface area (Å²) in [5, 5.41) is 2.79. The molecule has 0 heterocycles. The van der Waals surface area contributed by atoms with Crippen molar-refractivity contribution in [2.24, 2.45) is 0 Å². The second-order valence-electron chi connectivity index (χ2n) is 4.73. The highest BCUT2D eigenvalue weighted by molar-refractivity contribution is 5.91. The number of amides is 1. The summed E-state index contributed by atoms with van der Waals surface area (Å²) in [4.78, 5) is 11.6. The van der Waals surface area contributed by atoms with Gasteiger partial charge in [-0.15, -0.1) is 0 Å². The highest BCUT2D eigenvalue weighted by Gasteiger charge is 2.04. The zero-order chi connectivity index (χ0) is 16.2. The Morgan fingerprint density at radius 1 is 1.23 bits per heavy atom. The zero-order valence-corrected chi connectivity index (χ0v) is 13.6. The van der Waals surface area contributed by atoms with Crippen molar-refractivity contribution in [2.75, 3.05) is 34.0 Å². The number of benzene rings is 1. The van der Waals surface area contributed by atoms with Gasteiger partial charge in [0.25, 0.3) is 0 Å². The van der Waals surface area contributed by atoms with Crippen molar-refractivity contribution in [1.29, 1.82) is 0 Å². The maximum Gasteiger partial charge on any atom is 0.244 e. The molecule has 1 amide bonds. The summed E-state index contributed by atoms with van der Waals surface area (Å²) in [7, 11) is 3.24. The second kappa shape index (κ2) is 10.7. The smallest absolute Gasteiger partial charge is 0.244 e. The molecule has 0 aliphatic carbocycles. The van der Waals surface area contributed by atoms with Crippen LogP contribution >= 0.6 is 0 Å². The van der Waals surface area contributed by atoms with Gasteiger partial charge in [0.15, 0.2) is 11.5 Å². The molecule has 0 unspecified atom stereocenters. The topological polar surface area (TPSA) is 56.8 Å². The number of hydrogen-bond acceptors (Lipinski definition) is 4. The molecule has 0 bridgehead atoms. The molecule has 0 saturated heterocycles. The maximum absolute atomic E-state index is 11.6. The largest absolute Gasteiger partial charge is 0.493 e. The highest BCUT2D eigenvalue weighted by Crippen LogP contribution is 2.28. The van der Waals surface area contributed by atoms with Crippen LogP contribution in [-0.4, -0.2) is 39.9 Å². The van der Waals surface area contributed by atoms with Crippen molar-refractivity contribution < 1.29 is 19.0 Å². The summed E-state index contributed by atoms with van der Waals surface area (Å²) < 4.78 is 15.8. The van der Waals surface area contributed by atoms with E-state index in [1.165, 1.54) is 6.08 Å². The molecule has 0 fully saturated rings. The standard InChI is InChI=1S/C17H25NO4/c1-4-11-22-15-8-6-14(13-16(15)21-3)7-9-17(19)18-10-5-12-20-2/h6-9,13H,4-5,10-12H2,1-3H3,(H,18,19)/b9-7+. The molecule has 22 heavy (non-hydrogen) atoms. The first-order chi connectivity index (χ1) is 10.7. The van der Waals surface area contributed by atoms with Crippen LogP contribution in [0.15, 0.2) is 24.3 Å². The lowest BCUT2D eigenvalue weighted by Gasteiger charge is -2.10. The fraction of sp³-hybridized carbons (Fsp3) is 0.471. The van der Waals surface area contributed by atoms with Crippen LogP contribution in [0.1, 0.15) is 25.3 Å². The Labute approximate surface area is 132 Å². The van der Waals surface area contributed by atoms with E-state index in [2.05, 4.69) is 12.2 Å². The van der Waals surface area contributed by atoms with Gasteiger partial charge >= 0.3 is 0 Å². The molecule has 0 aliphatic heterocycles. The van der Waals surface area contributed by atoms with Gasteiger partial charge in [-0.1, -0.05) is 13.0 Å². The summed E-state index contributed by atoms with van der Waals surface area (Å²) in [6, 6.07) is 5.59. The molecule has 1 N–H and O–H groups in total. The highest BCUT2D eigenvalue weighted by atomic mass is 16.5. The number of ether oxygens (including phenoxy) is 3. The average Bonchev–Trinajstić information content (AvgIpc) is 2.55. The lowest BCUT2D eigenvalue weighted by molar-refractivity contribution is -0.116. The van der Waals surface area contributed by atoms with Gasteiger partial charge in [0.2, 0.25) is 5.91 Å². The SMILES string of the molecule is CCCOc1ccc(/C=C/C(=O)NCCCOC)cc1OC. The molecule has 1 rings (SSSR count). The van der Waals surface area contributed by atoms with Gasteiger partial charge in [-0.3, -0.25) is 4.79 Å². The number of methoxy groups -OCH3 is 2. The van der Waals surface area contributed by atoms with E-state index in [0.717, 1.165) is 18.4 Å². The fourth-order valence-corrected chi connectivity index (χ4v) is 1.78. The van der Waals surface area contributed by atoms with Crippen molar-refractivity contribution in [3.63, 3.8) is 0 Å². The molecule has 122 valence electrons. The molecule has 1 aromatic rings. The second-order valence-corrected chi connectivity index (χ2v) is 4.73. The minimum absolute atomic E-state index is 0.124. The molecule has 5 heteroatoms. The third-order valence-corrected chi connectivity index (χ3v) is 2.90. The van der Waals surface area contributed by atoms with Gasteiger partial charge in [0.1, 0.15) is 0 Å². The number of hydrogen-bond donors (Lipinski definition) is 1. The van der Waals surface area contributed by atoms with Crippen LogP contribution in [-0.2, 0) is 9.53 Å². The van der Waals surface area contributed by atoms with E-state index in [9.17, 15) is 4.79 Å². The van der Waals surface area contributed by atoms with E-state index in [0.29, 0.717) is 31.3 Å². The van der Waals surface area contributed by atoms with E-state index >= 15 is 0 Å². The van der Waals surface area contributed by atoms with Crippen LogP contribution in [0.4, 0.5) is 0 Å². The van der Waals surface area contributed by atoms with E-state index < -0.39 is 0 Å². The molecule has 0 radical (unpaired) electrons. The summed E-state index contributed by atoms with van der Waals surface area (Å²) >= 11 is 0. The Balaban J connectivity index is 2.57. The molecule has 0 spiro atoms. The summed E-state index contributed by atoms with van der Waals surface area (Å²) in [6.45, 7) is 3.94. The molecule has 5 nitrogen and oxygen atoms in total. The maximum atomic E-state index is 11.6. The predicted octanol–water partition coefficient (Wildman–Crippen LogP) is 2.65. The van der Waals surface area contributed by atoms with Crippen molar-refractivity contribution >= 4 is 12.0 Å². The lowest BCUT2D eigenvalue weighted by atomic mass is 10.2. The van der Waals surface area contributed by atoms with E-state index in [4.69, 9.17) is 14.2 Å². The summed E-state index contributed by atoms with van der Waals surface area (Å²) in [6.07, 6.45) is 4.99. The van der Waals surface area contributed by atoms with E-state index in [-0.39, 0.29) is 5.91 Å². The van der Waals surface area contributed by atoms with Crippen molar-refractivity contribution in [3.05, 3.63) is 29.8 Å². The van der Waals surface area contributed by atoms with Crippen LogP contribution in [0.25, 0.3) is 6.08 Å². The first kappa shape index (κ1) is 18.0. The van der Waals surface area contributed by atoms with Crippen LogP contribution in [0.5, 0.6) is 11.5 Å². The first-order valence-electron chi connectivity index (χ1n) is 7.47. The Morgan fingerprint density at radius 2 is 2.05 bits per heavy atom. The summed E-state index contributed by atoms with van der Waals surface area (Å²) in [5.41, 5.74) is 0.882. The van der Waals surface area contributed by atoms with Gasteiger partial charge in [0.05, 0.1) is 13.7 Å². The zero-order valence-electron chi connectivity index (χ0n) is 13.6. The minimum Gasteiger partial charge on any atom is -0.493 e. The Hall–Kier alpha value is -2.01. The number of carbonyl (C=O) groups excluding carboxylic acids is 1. The average molecular weight is 307 g/mol. The molecule has 1 aromatic carbocycles. The van der Waals surface area contributed by atoms with Gasteiger partial charge in [-0.05, 0) is 36.6 Å². The first-order valence-corrected chi connectivity index (χ1v) is 7.47. The van der Waals surface area contributed by atoms with Gasteiger partial charge < -0.3 is 19.5 Å². The van der Waals surface area contributed by atoms with Crippen LogP contribution in [0, 0.1) is 0 Å². The molecule has 0 atom stereocenters. The lowest BCUT2D eigenvalue weighted by Crippen LogP contribution is -2.22. The van der Waals surface area contributed by atoms with E-state index in [1.54, 1.807) is 20.3 Å². The predicted molar refractivity (Wildman–Crippen MR) is 87.3 cm³/mol. The molecule has 0 aromatic heterocycles. The number of nitrogens with one attached hydrogen (secondary N) is 1. The van der Waals surface area contributed by atoms with Crippen LogP contribution < -0.4 is 14.8 Å². The third-order valence-electron chi connectivity index (χ3n) is 2.90. The van der Waals surface area contributed by atoms with E-state index in [1.807, 2.05) is 18.2 Å². The Bertz CT molecular complexity index is 486. The molecular weight excluding hydrogens is 282 g/mol. The monoisotopic (exact) mass is 307 g/mol. The molecular formula is C17H25NO4. The quantitative estimate of drug-likeness (QED) is 0.533. The third kappa shape index (κ3) is 6.63. The van der Waals surface area contributed by atoms with Gasteiger partial charge in [-0.2, -0.15) is 0 Å². The van der Waals surface area contributed by atoms with Crippen molar-refractivity contribution in [2.45, 2.75) is 19.8 Å². The van der Waals surface area contributed by atoms with Crippen LogP contribution in [0.3, 0.4) is 0 Å². The Morgan fingerprint density at radius 3 is 2.73 bits per heavy atom. The molecule has 0 saturated carbocycles. The number of rotatable bonds is 10. The summed E-state index contributed by atoms with van der Waals surface area (Å²) in [5.74, 6) is 1.25. The van der Waals surface area contributed by atoms with Crippen molar-refractivity contribution in [1.82, 2.24) is 5.32 Å². The number of carbonyl (C=O) groups is 1. The van der Waals surface area contributed by atoms with Crippen molar-refractivity contribution in [3.8, 4) is 11.5 Å². The normalized spacial score (nSPS) is 10.7. The molecule has 0 aliphatic rings. The van der Waals surface area contributed by atoms with Crippen LogP contribution in [0.2, 0.25) is 0 Å². The fourth-order valence-electron chi connectivity index (χ4n) is 1.78. The van der Waals surface area contributed by atoms with Gasteiger partial charge in [0, 0.05) is 26.3 Å².